The summed E-state index contributed by atoms with van der Waals surface area (Å²) in [5.74, 6) is 0.342. The van der Waals surface area contributed by atoms with Crippen molar-refractivity contribution in [2.45, 2.75) is 33.7 Å². The van der Waals surface area contributed by atoms with E-state index in [4.69, 9.17) is 4.52 Å². The first kappa shape index (κ1) is 17.0. The molecule has 2 aromatic carbocycles. The summed E-state index contributed by atoms with van der Waals surface area (Å²) >= 11 is 0. The van der Waals surface area contributed by atoms with E-state index < -0.39 is 0 Å². The van der Waals surface area contributed by atoms with Crippen LogP contribution < -0.4 is 5.32 Å². The number of nitrogens with zero attached hydrogens (tertiary/aromatic N) is 1. The van der Waals surface area contributed by atoms with Gasteiger partial charge in [-0.05, 0) is 38.8 Å². The Morgan fingerprint density at radius 3 is 2.48 bits per heavy atom. The van der Waals surface area contributed by atoms with Crippen molar-refractivity contribution in [1.82, 2.24) is 10.5 Å². The van der Waals surface area contributed by atoms with Gasteiger partial charge in [-0.3, -0.25) is 4.79 Å². The van der Waals surface area contributed by atoms with Crippen LogP contribution in [0.2, 0.25) is 0 Å². The minimum atomic E-state index is -0.176. The van der Waals surface area contributed by atoms with Gasteiger partial charge < -0.3 is 9.84 Å². The van der Waals surface area contributed by atoms with Crippen LogP contribution in [0.3, 0.4) is 0 Å². The van der Waals surface area contributed by atoms with Gasteiger partial charge in [-0.25, -0.2) is 0 Å². The van der Waals surface area contributed by atoms with Gasteiger partial charge in [-0.15, -0.1) is 0 Å². The molecule has 0 aliphatic heterocycles. The standard InChI is InChI=1S/C21H22N2O2/c1-13-10-11-18(14(2)12-13)15(3)22-21(24)19-16(4)25-23-20(19)17-8-6-5-7-9-17/h5-12,15H,1-4H3,(H,22,24). The summed E-state index contributed by atoms with van der Waals surface area (Å²) in [7, 11) is 0. The summed E-state index contributed by atoms with van der Waals surface area (Å²) < 4.78 is 5.29. The molecule has 4 heteroatoms. The van der Waals surface area contributed by atoms with Crippen molar-refractivity contribution in [3.8, 4) is 11.3 Å². The van der Waals surface area contributed by atoms with Gasteiger partial charge in [-0.2, -0.15) is 0 Å². The molecule has 0 aliphatic rings. The maximum absolute atomic E-state index is 12.9. The molecule has 0 aliphatic carbocycles. The van der Waals surface area contributed by atoms with Gasteiger partial charge in [0.1, 0.15) is 17.0 Å². The van der Waals surface area contributed by atoms with E-state index in [1.807, 2.05) is 37.3 Å². The number of hydrogen-bond donors (Lipinski definition) is 1. The van der Waals surface area contributed by atoms with Crippen LogP contribution in [0.5, 0.6) is 0 Å². The Morgan fingerprint density at radius 1 is 1.08 bits per heavy atom. The molecule has 1 atom stereocenters. The third-order valence-electron chi connectivity index (χ3n) is 4.38. The molecule has 1 aromatic heterocycles. The third kappa shape index (κ3) is 3.48. The maximum Gasteiger partial charge on any atom is 0.257 e. The topological polar surface area (TPSA) is 55.1 Å². The monoisotopic (exact) mass is 334 g/mol. The van der Waals surface area contributed by atoms with Crippen LogP contribution in [0.4, 0.5) is 0 Å². The molecule has 0 bridgehead atoms. The van der Waals surface area contributed by atoms with Crippen molar-refractivity contribution in [1.29, 1.82) is 0 Å². The molecule has 4 nitrogen and oxygen atoms in total. The lowest BCUT2D eigenvalue weighted by molar-refractivity contribution is 0.0939. The van der Waals surface area contributed by atoms with Crippen LogP contribution in [0, 0.1) is 20.8 Å². The minimum Gasteiger partial charge on any atom is -0.360 e. The number of aromatic nitrogens is 1. The molecule has 0 saturated heterocycles. The van der Waals surface area contributed by atoms with E-state index in [2.05, 4.69) is 42.5 Å². The first-order valence-electron chi connectivity index (χ1n) is 8.37. The second-order valence-corrected chi connectivity index (χ2v) is 6.38. The Kier molecular flexibility index (Phi) is 4.70. The zero-order valence-electron chi connectivity index (χ0n) is 15.0. The Balaban J connectivity index is 1.88. The molecule has 25 heavy (non-hydrogen) atoms. The second kappa shape index (κ2) is 6.93. The predicted molar refractivity (Wildman–Crippen MR) is 98.5 cm³/mol. The van der Waals surface area contributed by atoms with Crippen molar-refractivity contribution in [3.63, 3.8) is 0 Å². The summed E-state index contributed by atoms with van der Waals surface area (Å²) in [4.78, 5) is 12.9. The maximum atomic E-state index is 12.9. The summed E-state index contributed by atoms with van der Waals surface area (Å²) in [6.07, 6.45) is 0. The second-order valence-electron chi connectivity index (χ2n) is 6.38. The molecule has 0 spiro atoms. The van der Waals surface area contributed by atoms with Crippen molar-refractivity contribution >= 4 is 5.91 Å². The fourth-order valence-corrected chi connectivity index (χ4v) is 3.09. The van der Waals surface area contributed by atoms with Crippen LogP contribution in [-0.4, -0.2) is 11.1 Å². The van der Waals surface area contributed by atoms with Crippen molar-refractivity contribution in [2.75, 3.05) is 0 Å². The van der Waals surface area contributed by atoms with E-state index in [-0.39, 0.29) is 11.9 Å². The number of amides is 1. The Labute approximate surface area is 147 Å². The van der Waals surface area contributed by atoms with Gasteiger partial charge in [-0.1, -0.05) is 59.3 Å². The average molecular weight is 334 g/mol. The van der Waals surface area contributed by atoms with E-state index in [1.54, 1.807) is 6.92 Å². The highest BCUT2D eigenvalue weighted by atomic mass is 16.5. The van der Waals surface area contributed by atoms with Crippen LogP contribution in [-0.2, 0) is 0 Å². The fraction of sp³-hybridized carbons (Fsp3) is 0.238. The van der Waals surface area contributed by atoms with Crippen LogP contribution in [0.1, 0.15) is 45.8 Å². The van der Waals surface area contributed by atoms with E-state index in [0.717, 1.165) is 16.7 Å². The highest BCUT2D eigenvalue weighted by molar-refractivity contribution is 6.01. The largest absolute Gasteiger partial charge is 0.360 e. The Bertz CT molecular complexity index is 898. The van der Waals surface area contributed by atoms with Crippen molar-refractivity contribution in [2.24, 2.45) is 0 Å². The first-order chi connectivity index (χ1) is 12.0. The highest BCUT2D eigenvalue weighted by Gasteiger charge is 2.23. The molecular weight excluding hydrogens is 312 g/mol. The molecule has 1 heterocycles. The number of rotatable bonds is 4. The fourth-order valence-electron chi connectivity index (χ4n) is 3.09. The summed E-state index contributed by atoms with van der Waals surface area (Å²) in [5.41, 5.74) is 5.41. The Morgan fingerprint density at radius 2 is 1.80 bits per heavy atom. The molecule has 3 rings (SSSR count). The first-order valence-corrected chi connectivity index (χ1v) is 8.37. The van der Waals surface area contributed by atoms with E-state index in [0.29, 0.717) is 17.0 Å². The normalized spacial score (nSPS) is 12.0. The van der Waals surface area contributed by atoms with E-state index >= 15 is 0 Å². The highest BCUT2D eigenvalue weighted by Crippen LogP contribution is 2.26. The summed E-state index contributed by atoms with van der Waals surface area (Å²) in [5, 5.41) is 7.15. The molecule has 3 aromatic rings. The van der Waals surface area contributed by atoms with Gasteiger partial charge >= 0.3 is 0 Å². The summed E-state index contributed by atoms with van der Waals surface area (Å²) in [6.45, 7) is 7.87. The number of carbonyl (C=O) groups is 1. The molecule has 0 fully saturated rings. The molecular formula is C21H22N2O2. The van der Waals surface area contributed by atoms with E-state index in [9.17, 15) is 4.79 Å². The number of carbonyl (C=O) groups excluding carboxylic acids is 1. The van der Waals surface area contributed by atoms with Gasteiger partial charge in [0.05, 0.1) is 6.04 Å². The lowest BCUT2D eigenvalue weighted by atomic mass is 9.99. The zero-order chi connectivity index (χ0) is 18.0. The minimum absolute atomic E-state index is 0.106. The van der Waals surface area contributed by atoms with Crippen LogP contribution >= 0.6 is 0 Å². The van der Waals surface area contributed by atoms with Gasteiger partial charge in [0.15, 0.2) is 0 Å². The molecule has 1 N–H and O–H groups in total. The zero-order valence-corrected chi connectivity index (χ0v) is 15.0. The molecule has 128 valence electrons. The lowest BCUT2D eigenvalue weighted by Crippen LogP contribution is -2.27. The third-order valence-corrected chi connectivity index (χ3v) is 4.38. The van der Waals surface area contributed by atoms with Gasteiger partial charge in [0.25, 0.3) is 5.91 Å². The molecule has 1 unspecified atom stereocenters. The lowest BCUT2D eigenvalue weighted by Gasteiger charge is -2.17. The quantitative estimate of drug-likeness (QED) is 0.748. The molecule has 0 radical (unpaired) electrons. The average Bonchev–Trinajstić information content (AvgIpc) is 2.97. The molecule has 1 amide bonds. The van der Waals surface area contributed by atoms with Crippen LogP contribution in [0.25, 0.3) is 11.3 Å². The number of nitrogens with one attached hydrogen (secondary N) is 1. The summed E-state index contributed by atoms with van der Waals surface area (Å²) in [6, 6.07) is 15.7. The number of aryl methyl sites for hydroxylation is 3. The predicted octanol–water partition coefficient (Wildman–Crippen LogP) is 4.76. The number of hydrogen-bond acceptors (Lipinski definition) is 3. The van der Waals surface area contributed by atoms with Gasteiger partial charge in [0.2, 0.25) is 0 Å². The SMILES string of the molecule is Cc1ccc(C(C)NC(=O)c2c(-c3ccccc3)noc2C)c(C)c1. The smallest absolute Gasteiger partial charge is 0.257 e. The van der Waals surface area contributed by atoms with Gasteiger partial charge in [0, 0.05) is 5.56 Å². The van der Waals surface area contributed by atoms with Crippen LogP contribution in [0.15, 0.2) is 53.1 Å². The van der Waals surface area contributed by atoms with E-state index in [1.165, 1.54) is 5.56 Å². The molecule has 0 saturated carbocycles. The van der Waals surface area contributed by atoms with Crippen molar-refractivity contribution < 1.29 is 9.32 Å². The van der Waals surface area contributed by atoms with Crippen molar-refractivity contribution in [3.05, 3.63) is 76.5 Å². The Hall–Kier alpha value is -2.88. The number of benzene rings is 2.